The third-order valence-electron chi connectivity index (χ3n) is 6.77. The van der Waals surface area contributed by atoms with Crippen LogP contribution in [0.4, 0.5) is 11.5 Å². The van der Waals surface area contributed by atoms with Gasteiger partial charge in [0.2, 0.25) is 0 Å². The van der Waals surface area contributed by atoms with Gasteiger partial charge in [-0.25, -0.2) is 9.97 Å². The number of amides is 1. The van der Waals surface area contributed by atoms with E-state index in [1.54, 1.807) is 11.1 Å². The summed E-state index contributed by atoms with van der Waals surface area (Å²) in [7, 11) is 1.95. The van der Waals surface area contributed by atoms with Crippen LogP contribution in [0.3, 0.4) is 0 Å². The fourth-order valence-electron chi connectivity index (χ4n) is 4.77. The molecule has 0 bridgehead atoms. The van der Waals surface area contributed by atoms with Crippen LogP contribution in [0.1, 0.15) is 96.2 Å². The van der Waals surface area contributed by atoms with Crippen molar-refractivity contribution in [1.82, 2.24) is 9.97 Å². The standard InChI is InChI=1S/C32H40N4O4S.C2H6.CH4/c1-32(2,3)40-28(37)18-11-7-10-17-27(23-13-8-6-9-14-23)39-25-16-12-15-24(21-25)36-20-19-35(4)29-26(30(36)38)22-33-31(34-29)41-5;1-2;/h6,8-9,12-16,21-22,27H,7,10-11,17-20H2,1-5H3;1-2H3;1H4. The van der Waals surface area contributed by atoms with Crippen molar-refractivity contribution in [2.45, 2.75) is 91.0 Å². The molecular weight excluding hydrogens is 572 g/mol. The minimum Gasteiger partial charge on any atom is -0.486 e. The molecule has 0 aliphatic carbocycles. The topological polar surface area (TPSA) is 84.9 Å². The lowest BCUT2D eigenvalue weighted by Crippen LogP contribution is -2.33. The van der Waals surface area contributed by atoms with E-state index in [0.717, 1.165) is 36.9 Å². The van der Waals surface area contributed by atoms with E-state index in [1.807, 2.05) is 95.3 Å². The molecule has 1 aliphatic heterocycles. The van der Waals surface area contributed by atoms with Crippen LogP contribution in [-0.2, 0) is 9.53 Å². The van der Waals surface area contributed by atoms with Gasteiger partial charge in [0.15, 0.2) is 5.16 Å². The molecule has 1 unspecified atom stereocenters. The SMILES string of the molecule is C.CC.CSc1ncc2c(n1)N(C)CCN(c1cccc(OC(CCCCCC(=O)OC(C)(C)C)c3ccccc3)c1)C2=O. The minimum absolute atomic E-state index is 0. The molecule has 3 aromatic rings. The number of unbranched alkanes of at least 4 members (excludes halogenated alkanes) is 2. The van der Waals surface area contributed by atoms with Crippen LogP contribution < -0.4 is 14.5 Å². The van der Waals surface area contributed by atoms with E-state index in [9.17, 15) is 9.59 Å². The van der Waals surface area contributed by atoms with E-state index in [1.165, 1.54) is 11.8 Å². The first-order valence-corrected chi connectivity index (χ1v) is 16.3. The van der Waals surface area contributed by atoms with Gasteiger partial charge in [-0.1, -0.05) is 75.9 Å². The van der Waals surface area contributed by atoms with Gasteiger partial charge in [0.1, 0.15) is 28.8 Å². The van der Waals surface area contributed by atoms with Crippen molar-refractivity contribution in [3.05, 3.63) is 71.9 Å². The Bertz CT molecular complexity index is 1330. The predicted octanol–water partition coefficient (Wildman–Crippen LogP) is 8.37. The summed E-state index contributed by atoms with van der Waals surface area (Å²) < 4.78 is 12.0. The lowest BCUT2D eigenvalue weighted by Gasteiger charge is -2.24. The average molecular weight is 623 g/mol. The predicted molar refractivity (Wildman–Crippen MR) is 182 cm³/mol. The van der Waals surface area contributed by atoms with E-state index in [0.29, 0.717) is 41.8 Å². The van der Waals surface area contributed by atoms with E-state index in [2.05, 4.69) is 22.1 Å². The van der Waals surface area contributed by atoms with E-state index < -0.39 is 5.60 Å². The number of carbonyl (C=O) groups is 2. The first kappa shape index (κ1) is 36.6. The normalized spacial score (nSPS) is 13.5. The van der Waals surface area contributed by atoms with E-state index in [4.69, 9.17) is 9.47 Å². The van der Waals surface area contributed by atoms with E-state index >= 15 is 0 Å². The molecule has 1 amide bonds. The van der Waals surface area contributed by atoms with Gasteiger partial charge >= 0.3 is 5.97 Å². The number of likely N-dealkylation sites (N-methyl/N-ethyl adjacent to an activating group) is 1. The molecule has 44 heavy (non-hydrogen) atoms. The van der Waals surface area contributed by atoms with Crippen LogP contribution in [-0.4, -0.2) is 53.8 Å². The summed E-state index contributed by atoms with van der Waals surface area (Å²) in [5.74, 6) is 1.07. The van der Waals surface area contributed by atoms with Gasteiger partial charge in [-0.2, -0.15) is 0 Å². The highest BCUT2D eigenvalue weighted by Gasteiger charge is 2.28. The highest BCUT2D eigenvalue weighted by molar-refractivity contribution is 7.98. The number of ether oxygens (including phenoxy) is 2. The molecule has 0 radical (unpaired) electrons. The van der Waals surface area contributed by atoms with Crippen molar-refractivity contribution in [2.75, 3.05) is 36.2 Å². The smallest absolute Gasteiger partial charge is 0.306 e. The first-order chi connectivity index (χ1) is 20.6. The Balaban J connectivity index is 0.00000220. The summed E-state index contributed by atoms with van der Waals surface area (Å²) in [6.45, 7) is 10.8. The van der Waals surface area contributed by atoms with Crippen LogP contribution >= 0.6 is 11.8 Å². The molecule has 0 saturated carbocycles. The Morgan fingerprint density at radius 3 is 2.43 bits per heavy atom. The van der Waals surface area contributed by atoms with Gasteiger partial charge in [0, 0.05) is 44.5 Å². The summed E-state index contributed by atoms with van der Waals surface area (Å²) >= 11 is 1.45. The van der Waals surface area contributed by atoms with Crippen LogP contribution in [0.15, 0.2) is 66.0 Å². The number of aromatic nitrogens is 2. The van der Waals surface area contributed by atoms with Gasteiger partial charge in [-0.15, -0.1) is 0 Å². The molecule has 1 aromatic heterocycles. The quantitative estimate of drug-likeness (QED) is 0.0913. The summed E-state index contributed by atoms with van der Waals surface area (Å²) in [6, 6.07) is 17.9. The highest BCUT2D eigenvalue weighted by Crippen LogP contribution is 2.32. The fraction of sp³-hybridized carbons (Fsp3) is 0.486. The molecule has 0 N–H and O–H groups in total. The maximum absolute atomic E-state index is 13.6. The second-order valence-electron chi connectivity index (χ2n) is 11.2. The zero-order valence-corrected chi connectivity index (χ0v) is 27.4. The molecule has 240 valence electrons. The fourth-order valence-corrected chi connectivity index (χ4v) is 5.10. The highest BCUT2D eigenvalue weighted by atomic mass is 32.2. The first-order valence-electron chi connectivity index (χ1n) is 15.1. The number of benzene rings is 2. The molecule has 4 rings (SSSR count). The molecule has 9 heteroatoms. The van der Waals surface area contributed by atoms with Crippen LogP contribution in [0, 0.1) is 0 Å². The maximum Gasteiger partial charge on any atom is 0.306 e. The number of hydrogen-bond acceptors (Lipinski definition) is 8. The van der Waals surface area contributed by atoms with Crippen molar-refractivity contribution in [1.29, 1.82) is 0 Å². The summed E-state index contributed by atoms with van der Waals surface area (Å²) in [6.07, 6.45) is 7.21. The van der Waals surface area contributed by atoms with Crippen molar-refractivity contribution in [3.63, 3.8) is 0 Å². The van der Waals surface area contributed by atoms with Crippen molar-refractivity contribution < 1.29 is 19.1 Å². The third kappa shape index (κ3) is 10.5. The van der Waals surface area contributed by atoms with Gasteiger partial charge in [0.25, 0.3) is 5.91 Å². The number of fused-ring (bicyclic) bond motifs is 1. The summed E-state index contributed by atoms with van der Waals surface area (Å²) in [5, 5.41) is 0.643. The Labute approximate surface area is 268 Å². The number of esters is 1. The minimum atomic E-state index is -0.458. The second-order valence-corrected chi connectivity index (χ2v) is 11.9. The average Bonchev–Trinajstić information content (AvgIpc) is 3.12. The largest absolute Gasteiger partial charge is 0.486 e. The zero-order chi connectivity index (χ0) is 31.4. The molecule has 0 fully saturated rings. The van der Waals surface area contributed by atoms with Crippen molar-refractivity contribution >= 4 is 35.1 Å². The monoisotopic (exact) mass is 622 g/mol. The molecule has 2 aromatic carbocycles. The Morgan fingerprint density at radius 1 is 1.02 bits per heavy atom. The molecule has 8 nitrogen and oxygen atoms in total. The Morgan fingerprint density at radius 2 is 1.75 bits per heavy atom. The van der Waals surface area contributed by atoms with Gasteiger partial charge in [-0.3, -0.25) is 9.59 Å². The lowest BCUT2D eigenvalue weighted by molar-refractivity contribution is -0.154. The number of anilines is 2. The zero-order valence-electron chi connectivity index (χ0n) is 26.6. The number of nitrogens with zero attached hydrogens (tertiary/aromatic N) is 4. The molecule has 2 heterocycles. The molecule has 0 saturated heterocycles. The molecule has 1 aliphatic rings. The number of rotatable bonds is 11. The second kappa shape index (κ2) is 17.6. The summed E-state index contributed by atoms with van der Waals surface area (Å²) in [4.78, 5) is 38.4. The third-order valence-corrected chi connectivity index (χ3v) is 7.33. The Hall–Kier alpha value is -3.59. The molecular formula is C35H50N4O4S. The van der Waals surface area contributed by atoms with Gasteiger partial charge in [-0.05, 0) is 64.0 Å². The summed E-state index contributed by atoms with van der Waals surface area (Å²) in [5.41, 5.74) is 1.89. The Kier molecular flexibility index (Phi) is 14.7. The number of carbonyl (C=O) groups excluding carboxylic acids is 2. The molecule has 1 atom stereocenters. The van der Waals surface area contributed by atoms with E-state index in [-0.39, 0.29) is 25.4 Å². The molecule has 0 spiro atoms. The van der Waals surface area contributed by atoms with Gasteiger partial charge in [0.05, 0.1) is 0 Å². The number of hydrogen-bond donors (Lipinski definition) is 0. The maximum atomic E-state index is 13.6. The number of thioether (sulfide) groups is 1. The van der Waals surface area contributed by atoms with Crippen LogP contribution in [0.5, 0.6) is 5.75 Å². The lowest BCUT2D eigenvalue weighted by atomic mass is 10.0. The van der Waals surface area contributed by atoms with Crippen molar-refractivity contribution in [2.24, 2.45) is 0 Å². The van der Waals surface area contributed by atoms with Crippen molar-refractivity contribution in [3.8, 4) is 5.75 Å². The van der Waals surface area contributed by atoms with Crippen LogP contribution in [0.25, 0.3) is 0 Å². The van der Waals surface area contributed by atoms with Crippen LogP contribution in [0.2, 0.25) is 0 Å². The van der Waals surface area contributed by atoms with Gasteiger partial charge < -0.3 is 19.3 Å².